The fraction of sp³-hybridized carbons (Fsp3) is 0.320. The maximum Gasteiger partial charge on any atom is 0.252 e. The van der Waals surface area contributed by atoms with Crippen molar-refractivity contribution < 1.29 is 23.8 Å². The van der Waals surface area contributed by atoms with Gasteiger partial charge in [0.25, 0.3) is 5.91 Å². The van der Waals surface area contributed by atoms with Crippen molar-refractivity contribution >= 4 is 11.7 Å². The molecule has 33 heavy (non-hydrogen) atoms. The Morgan fingerprint density at radius 2 is 1.82 bits per heavy atom. The van der Waals surface area contributed by atoms with E-state index in [1.165, 1.54) is 14.2 Å². The van der Waals surface area contributed by atoms with Crippen LogP contribution in [0.5, 0.6) is 17.2 Å². The summed E-state index contributed by atoms with van der Waals surface area (Å²) in [5, 5.41) is 7.52. The lowest BCUT2D eigenvalue weighted by molar-refractivity contribution is -0.121. The number of hydrogen-bond acceptors (Lipinski definition) is 6. The molecule has 1 aromatic heterocycles. The van der Waals surface area contributed by atoms with Crippen molar-refractivity contribution in [1.82, 2.24) is 15.1 Å². The first-order valence-electron chi connectivity index (χ1n) is 10.6. The first-order chi connectivity index (χ1) is 15.9. The van der Waals surface area contributed by atoms with Crippen LogP contribution < -0.4 is 19.5 Å². The van der Waals surface area contributed by atoms with E-state index in [9.17, 15) is 9.59 Å². The minimum atomic E-state index is -0.756. The van der Waals surface area contributed by atoms with Gasteiger partial charge in [-0.25, -0.2) is 0 Å². The minimum Gasteiger partial charge on any atom is -0.497 e. The molecule has 3 aromatic rings. The summed E-state index contributed by atoms with van der Waals surface area (Å²) in [6.45, 7) is 1.93. The van der Waals surface area contributed by atoms with E-state index in [0.29, 0.717) is 22.8 Å². The number of carbonyl (C=O) groups excluding carboxylic acids is 2. The van der Waals surface area contributed by atoms with Gasteiger partial charge in [-0.1, -0.05) is 12.1 Å². The van der Waals surface area contributed by atoms with E-state index < -0.39 is 12.0 Å². The molecule has 172 valence electrons. The zero-order valence-corrected chi connectivity index (χ0v) is 19.3. The second kappa shape index (κ2) is 8.97. The SMILES string of the molecule is COc1cccc([C@@H]2c3c(C)nn(C)c3CC(=O)[C@H]2NC(=O)c2ccc(OC)c(OC)c2)c1. The zero-order chi connectivity index (χ0) is 23.7. The van der Waals surface area contributed by atoms with Crippen LogP contribution in [0.1, 0.15) is 38.8 Å². The van der Waals surface area contributed by atoms with Crippen LogP contribution in [0.15, 0.2) is 42.5 Å². The number of benzene rings is 2. The van der Waals surface area contributed by atoms with Crippen molar-refractivity contribution in [2.24, 2.45) is 7.05 Å². The van der Waals surface area contributed by atoms with Crippen LogP contribution >= 0.6 is 0 Å². The van der Waals surface area contributed by atoms with Crippen LogP contribution in [0.2, 0.25) is 0 Å². The molecule has 2 atom stereocenters. The van der Waals surface area contributed by atoms with Crippen LogP contribution in [0.3, 0.4) is 0 Å². The summed E-state index contributed by atoms with van der Waals surface area (Å²) in [7, 11) is 6.48. The Morgan fingerprint density at radius 1 is 1.06 bits per heavy atom. The quantitative estimate of drug-likeness (QED) is 0.622. The predicted octanol–water partition coefficient (Wildman–Crippen LogP) is 2.81. The predicted molar refractivity (Wildman–Crippen MR) is 122 cm³/mol. The molecular formula is C25H27N3O5. The summed E-state index contributed by atoms with van der Waals surface area (Å²) < 4.78 is 17.7. The number of Topliss-reactive ketones (excluding diaryl/α,β-unsaturated/α-hetero) is 1. The van der Waals surface area contributed by atoms with Gasteiger partial charge in [0.1, 0.15) is 5.75 Å². The van der Waals surface area contributed by atoms with E-state index in [1.54, 1.807) is 30.0 Å². The number of ether oxygens (including phenoxy) is 3. The molecule has 2 aromatic carbocycles. The van der Waals surface area contributed by atoms with Gasteiger partial charge in [0.15, 0.2) is 17.3 Å². The second-order valence-corrected chi connectivity index (χ2v) is 7.99. The number of amides is 1. The molecule has 1 amide bonds. The lowest BCUT2D eigenvalue weighted by atomic mass is 9.76. The average molecular weight is 450 g/mol. The van der Waals surface area contributed by atoms with E-state index in [2.05, 4.69) is 10.4 Å². The van der Waals surface area contributed by atoms with E-state index in [0.717, 1.165) is 22.5 Å². The molecule has 0 saturated heterocycles. The van der Waals surface area contributed by atoms with Crippen LogP contribution in [0.25, 0.3) is 0 Å². The Balaban J connectivity index is 1.76. The molecule has 8 heteroatoms. The first kappa shape index (κ1) is 22.4. The summed E-state index contributed by atoms with van der Waals surface area (Å²) in [6.07, 6.45) is 0.198. The standard InChI is InChI=1S/C25H27N3O5/c1-14-22-18(28(2)27-14)13-19(29)24(23(22)15-7-6-8-17(11-15)31-3)26-25(30)16-9-10-20(32-4)21(12-16)33-5/h6-12,23-24H,13H2,1-5H3,(H,26,30)/t23-,24-/m1/s1. The first-order valence-corrected chi connectivity index (χ1v) is 10.6. The molecule has 0 bridgehead atoms. The number of carbonyl (C=O) groups is 2. The van der Waals surface area contributed by atoms with Crippen LogP contribution in [0, 0.1) is 6.92 Å². The van der Waals surface area contributed by atoms with Gasteiger partial charge < -0.3 is 19.5 Å². The molecule has 0 fully saturated rings. The van der Waals surface area contributed by atoms with E-state index in [1.807, 2.05) is 38.2 Å². The van der Waals surface area contributed by atoms with Gasteiger partial charge in [0.2, 0.25) is 0 Å². The third kappa shape index (κ3) is 4.04. The third-order valence-electron chi connectivity index (χ3n) is 6.11. The number of nitrogens with zero attached hydrogens (tertiary/aromatic N) is 2. The Hall–Kier alpha value is -3.81. The molecule has 1 aliphatic carbocycles. The Labute approximate surface area is 192 Å². The summed E-state index contributed by atoms with van der Waals surface area (Å²) in [5.41, 5.74) is 3.90. The molecule has 0 spiro atoms. The lowest BCUT2D eigenvalue weighted by Gasteiger charge is -2.32. The average Bonchev–Trinajstić information content (AvgIpc) is 3.11. The van der Waals surface area contributed by atoms with E-state index >= 15 is 0 Å². The maximum absolute atomic E-state index is 13.3. The van der Waals surface area contributed by atoms with E-state index in [-0.39, 0.29) is 18.1 Å². The smallest absolute Gasteiger partial charge is 0.252 e. The van der Waals surface area contributed by atoms with Crippen LogP contribution in [-0.4, -0.2) is 48.8 Å². The van der Waals surface area contributed by atoms with Gasteiger partial charge in [-0.05, 0) is 42.8 Å². The Morgan fingerprint density at radius 3 is 2.52 bits per heavy atom. The van der Waals surface area contributed by atoms with Gasteiger partial charge in [-0.2, -0.15) is 5.10 Å². The van der Waals surface area contributed by atoms with Crippen molar-refractivity contribution in [2.75, 3.05) is 21.3 Å². The number of nitrogens with one attached hydrogen (secondary N) is 1. The number of rotatable bonds is 6. The van der Waals surface area contributed by atoms with Gasteiger partial charge in [0.05, 0.1) is 39.5 Å². The number of ketones is 1. The topological polar surface area (TPSA) is 91.7 Å². The number of hydrogen-bond donors (Lipinski definition) is 1. The van der Waals surface area contributed by atoms with Crippen molar-refractivity contribution in [1.29, 1.82) is 0 Å². The lowest BCUT2D eigenvalue weighted by Crippen LogP contribution is -2.48. The van der Waals surface area contributed by atoms with Gasteiger partial charge in [0, 0.05) is 29.8 Å². The van der Waals surface area contributed by atoms with Crippen molar-refractivity contribution in [2.45, 2.75) is 25.3 Å². The summed E-state index contributed by atoms with van der Waals surface area (Å²) in [5.74, 6) is 0.801. The zero-order valence-electron chi connectivity index (χ0n) is 19.3. The van der Waals surface area contributed by atoms with Crippen molar-refractivity contribution in [3.8, 4) is 17.2 Å². The molecule has 1 heterocycles. The normalized spacial score (nSPS) is 17.3. The Kier molecular flexibility index (Phi) is 6.09. The van der Waals surface area contributed by atoms with E-state index in [4.69, 9.17) is 14.2 Å². The number of aryl methyl sites for hydroxylation is 2. The molecule has 0 saturated carbocycles. The molecule has 0 aliphatic heterocycles. The second-order valence-electron chi connectivity index (χ2n) is 7.99. The molecule has 0 radical (unpaired) electrons. The van der Waals surface area contributed by atoms with Crippen LogP contribution in [-0.2, 0) is 18.3 Å². The molecular weight excluding hydrogens is 422 g/mol. The summed E-state index contributed by atoms with van der Waals surface area (Å²) in [4.78, 5) is 26.5. The largest absolute Gasteiger partial charge is 0.497 e. The fourth-order valence-electron chi connectivity index (χ4n) is 4.52. The summed E-state index contributed by atoms with van der Waals surface area (Å²) in [6, 6.07) is 11.7. The number of aromatic nitrogens is 2. The monoisotopic (exact) mass is 449 g/mol. The highest BCUT2D eigenvalue weighted by Crippen LogP contribution is 2.38. The van der Waals surface area contributed by atoms with Gasteiger partial charge in [-0.15, -0.1) is 0 Å². The third-order valence-corrected chi connectivity index (χ3v) is 6.11. The van der Waals surface area contributed by atoms with Gasteiger partial charge in [-0.3, -0.25) is 14.3 Å². The van der Waals surface area contributed by atoms with Crippen molar-refractivity contribution in [3.05, 3.63) is 70.5 Å². The highest BCUT2D eigenvalue weighted by atomic mass is 16.5. The maximum atomic E-state index is 13.3. The highest BCUT2D eigenvalue weighted by Gasteiger charge is 2.41. The molecule has 0 unspecified atom stereocenters. The minimum absolute atomic E-state index is 0.0767. The molecule has 1 N–H and O–H groups in total. The van der Waals surface area contributed by atoms with Crippen LogP contribution in [0.4, 0.5) is 0 Å². The number of methoxy groups -OCH3 is 3. The molecule has 1 aliphatic rings. The Bertz CT molecular complexity index is 1220. The molecule has 8 nitrogen and oxygen atoms in total. The van der Waals surface area contributed by atoms with Gasteiger partial charge >= 0.3 is 0 Å². The number of fused-ring (bicyclic) bond motifs is 1. The fourth-order valence-corrected chi connectivity index (χ4v) is 4.52. The molecule has 4 rings (SSSR count). The summed E-state index contributed by atoms with van der Waals surface area (Å²) >= 11 is 0. The van der Waals surface area contributed by atoms with Crippen molar-refractivity contribution in [3.63, 3.8) is 0 Å². The highest BCUT2D eigenvalue weighted by molar-refractivity contribution is 6.00.